The molecule has 25 heavy (non-hydrogen) atoms. The number of benzene rings is 2. The monoisotopic (exact) mass is 341 g/mol. The third-order valence-electron chi connectivity index (χ3n) is 3.80. The third kappa shape index (κ3) is 4.26. The van der Waals surface area contributed by atoms with Crippen LogP contribution in [0, 0.1) is 5.82 Å². The Morgan fingerprint density at radius 3 is 2.48 bits per heavy atom. The van der Waals surface area contributed by atoms with Crippen molar-refractivity contribution in [2.45, 2.75) is 12.6 Å². The van der Waals surface area contributed by atoms with Crippen LogP contribution in [0.5, 0.6) is 5.75 Å². The molecule has 0 saturated carbocycles. The highest BCUT2D eigenvalue weighted by atomic mass is 19.1. The largest absolute Gasteiger partial charge is 0.494 e. The Morgan fingerprint density at radius 1 is 1.04 bits per heavy atom. The number of aliphatic imine (C=N–C) groups is 2. The molecule has 2 aromatic carbocycles. The van der Waals surface area contributed by atoms with E-state index in [2.05, 4.69) is 9.98 Å². The molecule has 0 spiro atoms. The lowest BCUT2D eigenvalue weighted by atomic mass is 10.1. The summed E-state index contributed by atoms with van der Waals surface area (Å²) in [5.74, 6) is 0.850. The summed E-state index contributed by atoms with van der Waals surface area (Å²) in [6, 6.07) is 15.7. The average Bonchev–Trinajstić information content (AvgIpc) is 2.62. The van der Waals surface area contributed by atoms with Crippen LogP contribution in [0.15, 0.2) is 64.6 Å². The van der Waals surface area contributed by atoms with Gasteiger partial charge in [0.25, 0.3) is 0 Å². The molecule has 0 aromatic heterocycles. The molecule has 0 amide bonds. The van der Waals surface area contributed by atoms with Crippen molar-refractivity contribution in [1.82, 2.24) is 4.90 Å². The topological polar surface area (TPSA) is 89.2 Å². The van der Waals surface area contributed by atoms with Crippen LogP contribution >= 0.6 is 0 Å². The van der Waals surface area contributed by atoms with Crippen molar-refractivity contribution >= 4 is 11.9 Å². The summed E-state index contributed by atoms with van der Waals surface area (Å²) >= 11 is 0. The maximum atomic E-state index is 12.9. The number of ether oxygens (including phenoxy) is 1. The van der Waals surface area contributed by atoms with Crippen molar-refractivity contribution < 1.29 is 9.13 Å². The van der Waals surface area contributed by atoms with E-state index in [1.54, 1.807) is 12.1 Å². The lowest BCUT2D eigenvalue weighted by Crippen LogP contribution is -2.44. The van der Waals surface area contributed by atoms with Gasteiger partial charge in [0.05, 0.1) is 6.61 Å². The molecule has 6 nitrogen and oxygen atoms in total. The minimum Gasteiger partial charge on any atom is -0.494 e. The molecule has 0 fully saturated rings. The first kappa shape index (κ1) is 16.8. The molecule has 1 aliphatic rings. The first-order valence-corrected chi connectivity index (χ1v) is 8.01. The SMILES string of the molecule is NC1=NC(c2ccccc2)N(CCCOc2ccc(F)cc2)C(N)=N1. The van der Waals surface area contributed by atoms with E-state index in [4.69, 9.17) is 16.2 Å². The Balaban J connectivity index is 1.61. The Bertz CT molecular complexity index is 761. The van der Waals surface area contributed by atoms with Gasteiger partial charge in [-0.15, -0.1) is 0 Å². The summed E-state index contributed by atoms with van der Waals surface area (Å²) < 4.78 is 18.5. The van der Waals surface area contributed by atoms with E-state index in [1.807, 2.05) is 35.2 Å². The fraction of sp³-hybridized carbons (Fsp3) is 0.222. The van der Waals surface area contributed by atoms with Crippen LogP contribution in [0.2, 0.25) is 0 Å². The maximum Gasteiger partial charge on any atom is 0.220 e. The van der Waals surface area contributed by atoms with E-state index in [9.17, 15) is 4.39 Å². The second-order valence-corrected chi connectivity index (χ2v) is 5.59. The first-order valence-electron chi connectivity index (χ1n) is 8.01. The van der Waals surface area contributed by atoms with Gasteiger partial charge in [0.1, 0.15) is 11.6 Å². The fourth-order valence-electron chi connectivity index (χ4n) is 2.60. The highest BCUT2D eigenvalue weighted by molar-refractivity contribution is 5.95. The predicted molar refractivity (Wildman–Crippen MR) is 95.6 cm³/mol. The molecule has 1 heterocycles. The van der Waals surface area contributed by atoms with E-state index in [-0.39, 0.29) is 17.9 Å². The van der Waals surface area contributed by atoms with Crippen molar-refractivity contribution in [3.63, 3.8) is 0 Å². The lowest BCUT2D eigenvalue weighted by molar-refractivity contribution is 0.258. The van der Waals surface area contributed by atoms with Crippen molar-refractivity contribution in [2.24, 2.45) is 21.5 Å². The Morgan fingerprint density at radius 2 is 1.76 bits per heavy atom. The second kappa shape index (κ2) is 7.65. The van der Waals surface area contributed by atoms with E-state index >= 15 is 0 Å². The van der Waals surface area contributed by atoms with E-state index in [0.29, 0.717) is 31.3 Å². The van der Waals surface area contributed by atoms with Gasteiger partial charge in [-0.25, -0.2) is 9.38 Å². The standard InChI is InChI=1S/C18H20FN5O/c19-14-7-9-15(10-8-14)25-12-4-11-24-16(13-5-2-1-3-6-13)22-17(20)23-18(24)21/h1-3,5-10,16H,4,11-12H2,(H4,20,21,22,23). The summed E-state index contributed by atoms with van der Waals surface area (Å²) in [6.07, 6.45) is 0.399. The minimum atomic E-state index is -0.301. The van der Waals surface area contributed by atoms with Crippen LogP contribution in [0.3, 0.4) is 0 Å². The Kier molecular flexibility index (Phi) is 5.13. The maximum absolute atomic E-state index is 12.9. The zero-order chi connectivity index (χ0) is 17.6. The highest BCUT2D eigenvalue weighted by Crippen LogP contribution is 2.24. The number of hydrogen-bond donors (Lipinski definition) is 2. The molecule has 4 N–H and O–H groups in total. The summed E-state index contributed by atoms with van der Waals surface area (Å²) in [5, 5.41) is 0. The van der Waals surface area contributed by atoms with Crippen molar-refractivity contribution in [3.8, 4) is 5.75 Å². The van der Waals surface area contributed by atoms with Gasteiger partial charge in [-0.05, 0) is 36.2 Å². The van der Waals surface area contributed by atoms with Gasteiger partial charge in [0.2, 0.25) is 11.9 Å². The van der Waals surface area contributed by atoms with E-state index in [1.165, 1.54) is 12.1 Å². The number of rotatable bonds is 6. The number of hydrogen-bond acceptors (Lipinski definition) is 6. The number of nitrogens with two attached hydrogens (primary N) is 2. The number of guanidine groups is 2. The molecule has 3 rings (SSSR count). The van der Waals surface area contributed by atoms with Crippen LogP contribution in [-0.4, -0.2) is 30.0 Å². The minimum absolute atomic E-state index is 0.171. The normalized spacial score (nSPS) is 17.0. The number of nitrogens with zero attached hydrogens (tertiary/aromatic N) is 3. The van der Waals surface area contributed by atoms with Gasteiger partial charge in [-0.2, -0.15) is 4.99 Å². The van der Waals surface area contributed by atoms with Gasteiger partial charge in [-0.3, -0.25) is 0 Å². The Labute approximate surface area is 145 Å². The molecule has 1 atom stereocenters. The van der Waals surface area contributed by atoms with Gasteiger partial charge < -0.3 is 21.1 Å². The summed E-state index contributed by atoms with van der Waals surface area (Å²) in [6.45, 7) is 1.07. The molecular formula is C18H20FN5O. The first-order chi connectivity index (χ1) is 12.1. The molecule has 0 radical (unpaired) electrons. The van der Waals surface area contributed by atoms with Gasteiger partial charge in [-0.1, -0.05) is 30.3 Å². The van der Waals surface area contributed by atoms with Crippen molar-refractivity contribution in [2.75, 3.05) is 13.2 Å². The Hall–Kier alpha value is -3.09. The molecule has 1 aliphatic heterocycles. The van der Waals surface area contributed by atoms with E-state index < -0.39 is 0 Å². The van der Waals surface area contributed by atoms with Crippen LogP contribution in [-0.2, 0) is 0 Å². The summed E-state index contributed by atoms with van der Waals surface area (Å²) in [4.78, 5) is 10.3. The van der Waals surface area contributed by atoms with Crippen molar-refractivity contribution in [1.29, 1.82) is 0 Å². The average molecular weight is 341 g/mol. The molecule has 0 bridgehead atoms. The molecule has 130 valence electrons. The predicted octanol–water partition coefficient (Wildman–Crippen LogP) is 2.24. The smallest absolute Gasteiger partial charge is 0.220 e. The summed E-state index contributed by atoms with van der Waals surface area (Å²) in [7, 11) is 0. The summed E-state index contributed by atoms with van der Waals surface area (Å²) in [5.41, 5.74) is 12.8. The molecule has 2 aromatic rings. The highest BCUT2D eigenvalue weighted by Gasteiger charge is 2.25. The second-order valence-electron chi connectivity index (χ2n) is 5.59. The molecule has 0 saturated heterocycles. The van der Waals surface area contributed by atoms with Crippen LogP contribution < -0.4 is 16.2 Å². The number of halogens is 1. The van der Waals surface area contributed by atoms with Gasteiger partial charge in [0.15, 0.2) is 6.17 Å². The molecule has 0 aliphatic carbocycles. The van der Waals surface area contributed by atoms with Crippen LogP contribution in [0.1, 0.15) is 18.2 Å². The third-order valence-corrected chi connectivity index (χ3v) is 3.80. The van der Waals surface area contributed by atoms with Crippen molar-refractivity contribution in [3.05, 3.63) is 66.0 Å². The van der Waals surface area contributed by atoms with Crippen LogP contribution in [0.4, 0.5) is 4.39 Å². The zero-order valence-corrected chi connectivity index (χ0v) is 13.7. The molecule has 1 unspecified atom stereocenters. The fourth-order valence-corrected chi connectivity index (χ4v) is 2.60. The lowest BCUT2D eigenvalue weighted by Gasteiger charge is -2.32. The molecular weight excluding hydrogens is 321 g/mol. The van der Waals surface area contributed by atoms with E-state index in [0.717, 1.165) is 5.56 Å². The quantitative estimate of drug-likeness (QED) is 0.789. The van der Waals surface area contributed by atoms with Gasteiger partial charge >= 0.3 is 0 Å². The van der Waals surface area contributed by atoms with Crippen LogP contribution in [0.25, 0.3) is 0 Å². The van der Waals surface area contributed by atoms with Gasteiger partial charge in [0, 0.05) is 6.54 Å². The zero-order valence-electron chi connectivity index (χ0n) is 13.7. The molecule has 7 heteroatoms.